The van der Waals surface area contributed by atoms with Gasteiger partial charge < -0.3 is 0 Å². The van der Waals surface area contributed by atoms with E-state index in [1.165, 1.54) is 0 Å². The normalized spacial score (nSPS) is 10.9. The van der Waals surface area contributed by atoms with Gasteiger partial charge in [-0.1, -0.05) is 13.8 Å². The van der Waals surface area contributed by atoms with Crippen LogP contribution in [0.2, 0.25) is 0 Å². The first kappa shape index (κ1) is 11.1. The molecular formula is C11H14N4S. The van der Waals surface area contributed by atoms with Crippen LogP contribution < -0.4 is 0 Å². The number of rotatable bonds is 4. The van der Waals surface area contributed by atoms with Crippen molar-refractivity contribution in [1.29, 1.82) is 0 Å². The molecule has 0 amide bonds. The second-order valence-corrected chi connectivity index (χ2v) is 4.94. The molecule has 0 atom stereocenters. The summed E-state index contributed by atoms with van der Waals surface area (Å²) in [6.45, 7) is 4.39. The van der Waals surface area contributed by atoms with E-state index in [1.54, 1.807) is 24.3 Å². The van der Waals surface area contributed by atoms with Crippen molar-refractivity contribution in [3.8, 4) is 5.82 Å². The quantitative estimate of drug-likeness (QED) is 0.762. The zero-order valence-corrected chi connectivity index (χ0v) is 10.2. The molecular weight excluding hydrogens is 220 g/mol. The molecule has 5 heteroatoms. The first-order valence-corrected chi connectivity index (χ1v) is 6.19. The first-order valence-electron chi connectivity index (χ1n) is 5.20. The number of thioether (sulfide) groups is 1. The van der Waals surface area contributed by atoms with E-state index in [2.05, 4.69) is 29.0 Å². The summed E-state index contributed by atoms with van der Waals surface area (Å²) in [5.41, 5.74) is 0. The van der Waals surface area contributed by atoms with Crippen LogP contribution in [0.15, 0.2) is 35.9 Å². The van der Waals surface area contributed by atoms with Crippen molar-refractivity contribution in [2.45, 2.75) is 18.9 Å². The summed E-state index contributed by atoms with van der Waals surface area (Å²) in [4.78, 5) is 3.97. The second-order valence-electron chi connectivity index (χ2n) is 3.90. The molecule has 2 rings (SSSR count). The average Bonchev–Trinajstić information content (AvgIpc) is 2.80. The summed E-state index contributed by atoms with van der Waals surface area (Å²) in [5.74, 6) is 2.53. The van der Waals surface area contributed by atoms with E-state index in [0.717, 1.165) is 16.6 Å². The summed E-state index contributed by atoms with van der Waals surface area (Å²) >= 11 is 1.74. The molecule has 0 bridgehead atoms. The average molecular weight is 234 g/mol. The highest BCUT2D eigenvalue weighted by Crippen LogP contribution is 2.17. The van der Waals surface area contributed by atoms with Crippen LogP contribution in [0, 0.1) is 5.92 Å². The van der Waals surface area contributed by atoms with Crippen molar-refractivity contribution >= 4 is 11.8 Å². The summed E-state index contributed by atoms with van der Waals surface area (Å²) < 4.78 is 1.84. The molecule has 84 valence electrons. The van der Waals surface area contributed by atoms with Crippen molar-refractivity contribution in [2.75, 3.05) is 5.75 Å². The highest BCUT2D eigenvalue weighted by molar-refractivity contribution is 7.99. The molecule has 16 heavy (non-hydrogen) atoms. The lowest BCUT2D eigenvalue weighted by Gasteiger charge is -2.04. The highest BCUT2D eigenvalue weighted by Gasteiger charge is 2.01. The van der Waals surface area contributed by atoms with Crippen LogP contribution in [0.4, 0.5) is 0 Å². The number of hydrogen-bond donors (Lipinski definition) is 0. The van der Waals surface area contributed by atoms with E-state index >= 15 is 0 Å². The van der Waals surface area contributed by atoms with Gasteiger partial charge in [0, 0.05) is 18.1 Å². The van der Waals surface area contributed by atoms with Gasteiger partial charge in [0.25, 0.3) is 0 Å². The highest BCUT2D eigenvalue weighted by atomic mass is 32.2. The third-order valence-corrected chi connectivity index (χ3v) is 3.31. The Balaban J connectivity index is 2.05. The van der Waals surface area contributed by atoms with Gasteiger partial charge in [0.05, 0.1) is 0 Å². The minimum atomic E-state index is 0.667. The monoisotopic (exact) mass is 234 g/mol. The zero-order valence-electron chi connectivity index (χ0n) is 9.37. The Bertz CT molecular complexity index is 422. The van der Waals surface area contributed by atoms with Gasteiger partial charge in [0.2, 0.25) is 0 Å². The predicted molar refractivity (Wildman–Crippen MR) is 64.7 cm³/mol. The molecule has 4 nitrogen and oxygen atoms in total. The molecule has 0 aliphatic carbocycles. The Morgan fingerprint density at radius 3 is 2.75 bits per heavy atom. The fraction of sp³-hybridized carbons (Fsp3) is 0.364. The Morgan fingerprint density at radius 2 is 2.19 bits per heavy atom. The lowest BCUT2D eigenvalue weighted by atomic mass is 10.3. The molecule has 0 saturated carbocycles. The molecule has 0 saturated heterocycles. The van der Waals surface area contributed by atoms with Crippen LogP contribution in [0.3, 0.4) is 0 Å². The van der Waals surface area contributed by atoms with Gasteiger partial charge in [0.1, 0.15) is 11.4 Å². The summed E-state index contributed by atoms with van der Waals surface area (Å²) in [6, 6.07) is 3.95. The Kier molecular flexibility index (Phi) is 3.56. The van der Waals surface area contributed by atoms with Gasteiger partial charge in [-0.25, -0.2) is 4.98 Å². The topological polar surface area (TPSA) is 43.6 Å². The number of hydrogen-bond acceptors (Lipinski definition) is 4. The summed E-state index contributed by atoms with van der Waals surface area (Å²) in [5, 5.41) is 9.29. The van der Waals surface area contributed by atoms with Crippen molar-refractivity contribution in [2.24, 2.45) is 5.92 Å². The maximum Gasteiger partial charge on any atom is 0.160 e. The van der Waals surface area contributed by atoms with Gasteiger partial charge in [-0.15, -0.1) is 22.0 Å². The minimum Gasteiger partial charge on any atom is -0.289 e. The molecule has 2 aromatic heterocycles. The zero-order chi connectivity index (χ0) is 11.4. The van der Waals surface area contributed by atoms with Crippen molar-refractivity contribution in [3.63, 3.8) is 0 Å². The Labute approximate surface area is 99.1 Å². The van der Waals surface area contributed by atoms with Gasteiger partial charge in [0.15, 0.2) is 5.82 Å². The van der Waals surface area contributed by atoms with E-state index in [4.69, 9.17) is 0 Å². The van der Waals surface area contributed by atoms with E-state index < -0.39 is 0 Å². The summed E-state index contributed by atoms with van der Waals surface area (Å²) in [7, 11) is 0. The van der Waals surface area contributed by atoms with Crippen LogP contribution in [-0.2, 0) is 0 Å². The third-order valence-electron chi connectivity index (χ3n) is 1.96. The molecule has 0 aromatic carbocycles. The number of nitrogens with zero attached hydrogens (tertiary/aromatic N) is 4. The second kappa shape index (κ2) is 5.12. The predicted octanol–water partition coefficient (Wildman–Crippen LogP) is 2.41. The van der Waals surface area contributed by atoms with Gasteiger partial charge in [-0.05, 0) is 18.1 Å². The molecule has 2 heterocycles. The molecule has 0 N–H and O–H groups in total. The minimum absolute atomic E-state index is 0.667. The van der Waals surface area contributed by atoms with Gasteiger partial charge in [-0.3, -0.25) is 4.57 Å². The molecule has 0 aliphatic heterocycles. The molecule has 0 radical (unpaired) electrons. The molecule has 0 fully saturated rings. The molecule has 2 aromatic rings. The molecule has 0 unspecified atom stereocenters. The SMILES string of the molecule is CC(C)CSc1ccc(-n2ccnc2)nn1. The van der Waals surface area contributed by atoms with Crippen LogP contribution in [-0.4, -0.2) is 25.5 Å². The number of imidazole rings is 1. The molecule has 0 spiro atoms. The van der Waals surface area contributed by atoms with Crippen molar-refractivity contribution in [1.82, 2.24) is 19.7 Å². The van der Waals surface area contributed by atoms with E-state index in [9.17, 15) is 0 Å². The first-order chi connectivity index (χ1) is 7.75. The fourth-order valence-corrected chi connectivity index (χ4v) is 1.94. The lowest BCUT2D eigenvalue weighted by molar-refractivity contribution is 0.748. The van der Waals surface area contributed by atoms with E-state index in [0.29, 0.717) is 5.92 Å². The number of aromatic nitrogens is 4. The van der Waals surface area contributed by atoms with Crippen LogP contribution in [0.25, 0.3) is 5.82 Å². The Morgan fingerprint density at radius 1 is 1.31 bits per heavy atom. The Hall–Kier alpha value is -1.36. The standard InChI is InChI=1S/C11H14N4S/c1-9(2)7-16-11-4-3-10(13-14-11)15-6-5-12-8-15/h3-6,8-9H,7H2,1-2H3. The lowest BCUT2D eigenvalue weighted by Crippen LogP contribution is -1.98. The smallest absolute Gasteiger partial charge is 0.160 e. The van der Waals surface area contributed by atoms with Crippen molar-refractivity contribution < 1.29 is 0 Å². The molecule has 0 aliphatic rings. The van der Waals surface area contributed by atoms with Crippen LogP contribution in [0.5, 0.6) is 0 Å². The van der Waals surface area contributed by atoms with Crippen LogP contribution in [0.1, 0.15) is 13.8 Å². The van der Waals surface area contributed by atoms with Crippen molar-refractivity contribution in [3.05, 3.63) is 30.9 Å². The largest absolute Gasteiger partial charge is 0.289 e. The van der Waals surface area contributed by atoms with Gasteiger partial charge in [-0.2, -0.15) is 0 Å². The third kappa shape index (κ3) is 2.82. The van der Waals surface area contributed by atoms with Gasteiger partial charge >= 0.3 is 0 Å². The van der Waals surface area contributed by atoms with E-state index in [1.807, 2.05) is 22.9 Å². The maximum absolute atomic E-state index is 4.17. The maximum atomic E-state index is 4.17. The summed E-state index contributed by atoms with van der Waals surface area (Å²) in [6.07, 6.45) is 5.29. The van der Waals surface area contributed by atoms with E-state index in [-0.39, 0.29) is 0 Å². The fourth-order valence-electron chi connectivity index (χ4n) is 1.17. The van der Waals surface area contributed by atoms with Crippen LogP contribution >= 0.6 is 11.8 Å².